The molecule has 2 fully saturated rings. The fourth-order valence-electron chi connectivity index (χ4n) is 4.86. The van der Waals surface area contributed by atoms with Gasteiger partial charge in [-0.1, -0.05) is 56.3 Å². The highest BCUT2D eigenvalue weighted by atomic mass is 15.3. The molecule has 0 radical (unpaired) electrons. The predicted molar refractivity (Wildman–Crippen MR) is 106 cm³/mol. The van der Waals surface area contributed by atoms with E-state index in [0.29, 0.717) is 24.0 Å². The number of nitrogens with zero attached hydrogens (tertiary/aromatic N) is 4. The molecule has 2 bridgehead atoms. The van der Waals surface area contributed by atoms with E-state index >= 15 is 0 Å². The van der Waals surface area contributed by atoms with Crippen molar-refractivity contribution in [3.8, 4) is 0 Å². The minimum atomic E-state index is 0.431. The molecule has 2 aromatic rings. The lowest BCUT2D eigenvalue weighted by Gasteiger charge is -2.39. The van der Waals surface area contributed by atoms with Gasteiger partial charge < -0.3 is 4.57 Å². The molecular formula is C22H30N4. The van der Waals surface area contributed by atoms with Crippen LogP contribution in [0.15, 0.2) is 36.4 Å². The van der Waals surface area contributed by atoms with Crippen molar-refractivity contribution >= 4 is 6.08 Å². The number of aromatic nitrogens is 3. The topological polar surface area (TPSA) is 34.0 Å². The normalized spacial score (nSPS) is 26.2. The highest BCUT2D eigenvalue weighted by Gasteiger charge is 2.41. The first-order valence-electron chi connectivity index (χ1n) is 10.0. The molecular weight excluding hydrogens is 320 g/mol. The molecule has 2 aliphatic rings. The van der Waals surface area contributed by atoms with Gasteiger partial charge in [-0.15, -0.1) is 10.2 Å². The largest absolute Gasteiger partial charge is 0.312 e. The molecule has 0 spiro atoms. The number of aryl methyl sites for hydroxylation is 1. The summed E-state index contributed by atoms with van der Waals surface area (Å²) >= 11 is 0. The summed E-state index contributed by atoms with van der Waals surface area (Å²) < 4.78 is 2.44. The molecule has 0 N–H and O–H groups in total. The van der Waals surface area contributed by atoms with Crippen LogP contribution in [0.4, 0.5) is 0 Å². The third-order valence-electron chi connectivity index (χ3n) is 6.06. The lowest BCUT2D eigenvalue weighted by atomic mass is 9.96. The predicted octanol–water partition coefficient (Wildman–Crippen LogP) is 4.59. The third-order valence-corrected chi connectivity index (χ3v) is 6.06. The van der Waals surface area contributed by atoms with Crippen molar-refractivity contribution in [1.82, 2.24) is 19.7 Å². The average Bonchev–Trinajstić information content (AvgIpc) is 3.12. The van der Waals surface area contributed by atoms with E-state index in [4.69, 9.17) is 0 Å². The number of rotatable bonds is 5. The van der Waals surface area contributed by atoms with Crippen LogP contribution < -0.4 is 0 Å². The Morgan fingerprint density at radius 2 is 1.73 bits per heavy atom. The molecule has 2 aliphatic heterocycles. The summed E-state index contributed by atoms with van der Waals surface area (Å²) in [5, 5.41) is 8.83. The van der Waals surface area contributed by atoms with Crippen molar-refractivity contribution in [3.05, 3.63) is 53.6 Å². The second-order valence-electron chi connectivity index (χ2n) is 8.15. The Kier molecular flexibility index (Phi) is 4.94. The summed E-state index contributed by atoms with van der Waals surface area (Å²) in [5.74, 6) is 2.67. The third kappa shape index (κ3) is 3.35. The lowest BCUT2D eigenvalue weighted by Crippen LogP contribution is -2.43. The summed E-state index contributed by atoms with van der Waals surface area (Å²) in [7, 11) is 0. The highest BCUT2D eigenvalue weighted by Crippen LogP contribution is 2.41. The standard InChI is InChI=1S/C22H30N4/c1-16(2)22-24-23-17(3)26(22)21-14-19-11-12-20(15-21)25(19)13-7-10-18-8-5-4-6-9-18/h4-10,16,19-21H,11-15H2,1-3H3/b10-7+. The van der Waals surface area contributed by atoms with Crippen molar-refractivity contribution in [2.24, 2.45) is 0 Å². The van der Waals surface area contributed by atoms with E-state index in [-0.39, 0.29) is 0 Å². The van der Waals surface area contributed by atoms with Gasteiger partial charge in [-0.25, -0.2) is 0 Å². The van der Waals surface area contributed by atoms with Gasteiger partial charge in [-0.05, 0) is 38.2 Å². The van der Waals surface area contributed by atoms with Gasteiger partial charge in [0, 0.05) is 30.6 Å². The average molecular weight is 351 g/mol. The van der Waals surface area contributed by atoms with E-state index in [1.54, 1.807) is 0 Å². The molecule has 1 aromatic carbocycles. The molecule has 2 unspecified atom stereocenters. The van der Waals surface area contributed by atoms with E-state index in [2.05, 4.69) is 82.9 Å². The van der Waals surface area contributed by atoms with Gasteiger partial charge >= 0.3 is 0 Å². The number of hydrogen-bond donors (Lipinski definition) is 0. The Balaban J connectivity index is 1.45. The van der Waals surface area contributed by atoms with E-state index in [1.165, 1.54) is 31.2 Å². The molecule has 4 rings (SSSR count). The lowest BCUT2D eigenvalue weighted by molar-refractivity contribution is 0.118. The first kappa shape index (κ1) is 17.5. The van der Waals surface area contributed by atoms with Crippen LogP contribution in [-0.2, 0) is 0 Å². The highest BCUT2D eigenvalue weighted by molar-refractivity contribution is 5.48. The smallest absolute Gasteiger partial charge is 0.135 e. The molecule has 0 aliphatic carbocycles. The number of benzene rings is 1. The van der Waals surface area contributed by atoms with Gasteiger partial charge in [0.25, 0.3) is 0 Å². The van der Waals surface area contributed by atoms with Crippen molar-refractivity contribution in [2.75, 3.05) is 6.54 Å². The number of hydrogen-bond acceptors (Lipinski definition) is 3. The molecule has 4 heteroatoms. The number of fused-ring (bicyclic) bond motifs is 2. The van der Waals surface area contributed by atoms with Crippen LogP contribution in [0.3, 0.4) is 0 Å². The zero-order chi connectivity index (χ0) is 18.1. The van der Waals surface area contributed by atoms with Crippen molar-refractivity contribution in [3.63, 3.8) is 0 Å². The van der Waals surface area contributed by atoms with Crippen molar-refractivity contribution in [1.29, 1.82) is 0 Å². The van der Waals surface area contributed by atoms with Crippen LogP contribution in [0.1, 0.15) is 68.7 Å². The molecule has 4 nitrogen and oxygen atoms in total. The van der Waals surface area contributed by atoms with Crippen molar-refractivity contribution in [2.45, 2.75) is 70.5 Å². The van der Waals surface area contributed by atoms with Gasteiger partial charge in [-0.3, -0.25) is 4.90 Å². The molecule has 3 heterocycles. The maximum Gasteiger partial charge on any atom is 0.135 e. The van der Waals surface area contributed by atoms with E-state index < -0.39 is 0 Å². The first-order chi connectivity index (χ1) is 12.6. The van der Waals surface area contributed by atoms with Gasteiger partial charge in [-0.2, -0.15) is 0 Å². The molecule has 2 saturated heterocycles. The van der Waals surface area contributed by atoms with Crippen LogP contribution in [0.2, 0.25) is 0 Å². The van der Waals surface area contributed by atoms with Gasteiger partial charge in [0.2, 0.25) is 0 Å². The molecule has 1 aromatic heterocycles. The summed E-state index contributed by atoms with van der Waals surface area (Å²) in [6, 6.07) is 12.6. The maximum atomic E-state index is 4.45. The van der Waals surface area contributed by atoms with E-state index in [0.717, 1.165) is 18.2 Å². The SMILES string of the molecule is Cc1nnc(C(C)C)n1C1CC2CCC(C1)N2C/C=C/c1ccccc1. The fourth-order valence-corrected chi connectivity index (χ4v) is 4.86. The molecule has 26 heavy (non-hydrogen) atoms. The summed E-state index contributed by atoms with van der Waals surface area (Å²) in [4.78, 5) is 2.73. The Labute approximate surface area is 156 Å². The van der Waals surface area contributed by atoms with Crippen LogP contribution in [-0.4, -0.2) is 38.3 Å². The summed E-state index contributed by atoms with van der Waals surface area (Å²) in [6.07, 6.45) is 9.72. The zero-order valence-corrected chi connectivity index (χ0v) is 16.2. The Morgan fingerprint density at radius 1 is 1.04 bits per heavy atom. The minimum absolute atomic E-state index is 0.431. The second kappa shape index (κ2) is 7.36. The zero-order valence-electron chi connectivity index (χ0n) is 16.2. The van der Waals surface area contributed by atoms with Gasteiger partial charge in [0.1, 0.15) is 11.6 Å². The number of piperidine rings is 1. The maximum absolute atomic E-state index is 4.45. The molecule has 0 saturated carbocycles. The fraction of sp³-hybridized carbons (Fsp3) is 0.545. The van der Waals surface area contributed by atoms with Crippen LogP contribution in [0.5, 0.6) is 0 Å². The van der Waals surface area contributed by atoms with Crippen LogP contribution in [0, 0.1) is 6.92 Å². The van der Waals surface area contributed by atoms with Gasteiger partial charge in [0.05, 0.1) is 0 Å². The quantitative estimate of drug-likeness (QED) is 0.791. The van der Waals surface area contributed by atoms with Gasteiger partial charge in [0.15, 0.2) is 0 Å². The molecule has 138 valence electrons. The summed E-state index contributed by atoms with van der Waals surface area (Å²) in [5.41, 5.74) is 1.29. The first-order valence-corrected chi connectivity index (χ1v) is 10.0. The molecule has 0 amide bonds. The second-order valence-corrected chi connectivity index (χ2v) is 8.15. The van der Waals surface area contributed by atoms with E-state index in [1.807, 2.05) is 0 Å². The summed E-state index contributed by atoms with van der Waals surface area (Å²) in [6.45, 7) is 7.61. The van der Waals surface area contributed by atoms with E-state index in [9.17, 15) is 0 Å². The Bertz CT molecular complexity index is 748. The Hall–Kier alpha value is -1.94. The molecule has 2 atom stereocenters. The van der Waals surface area contributed by atoms with Crippen molar-refractivity contribution < 1.29 is 0 Å². The Morgan fingerprint density at radius 3 is 2.38 bits per heavy atom. The monoisotopic (exact) mass is 350 g/mol. The van der Waals surface area contributed by atoms with Crippen LogP contribution in [0.25, 0.3) is 6.08 Å². The van der Waals surface area contributed by atoms with Crippen LogP contribution >= 0.6 is 0 Å². The minimum Gasteiger partial charge on any atom is -0.312 e.